The molecule has 1 atom stereocenters. The molecule has 0 radical (unpaired) electrons. The second kappa shape index (κ2) is 7.14. The number of ether oxygens (including phenoxy) is 1. The van der Waals surface area contributed by atoms with Crippen LogP contribution in [0.5, 0.6) is 0 Å². The molecule has 2 aliphatic heterocycles. The lowest BCUT2D eigenvalue weighted by Gasteiger charge is -2.36. The van der Waals surface area contributed by atoms with Gasteiger partial charge in [0.25, 0.3) is 0 Å². The zero-order valence-corrected chi connectivity index (χ0v) is 11.9. The normalized spacial score (nSPS) is 25.3. The lowest BCUT2D eigenvalue weighted by Crippen LogP contribution is -2.47. The molecule has 0 saturated carbocycles. The zero-order valence-electron chi connectivity index (χ0n) is 11.0. The number of carboxylic acids is 1. The number of hydrogen-bond donors (Lipinski definition) is 1. The second-order valence-electron chi connectivity index (χ2n) is 5.17. The molecule has 2 aliphatic rings. The molecule has 1 amide bonds. The van der Waals surface area contributed by atoms with Crippen molar-refractivity contribution in [1.29, 1.82) is 0 Å². The Balaban J connectivity index is 1.88. The Hall–Kier alpha value is -0.750. The summed E-state index contributed by atoms with van der Waals surface area (Å²) >= 11 is 1.74. The fourth-order valence-electron chi connectivity index (χ4n) is 2.67. The molecule has 5 nitrogen and oxygen atoms in total. The van der Waals surface area contributed by atoms with Gasteiger partial charge in [-0.1, -0.05) is 0 Å². The highest BCUT2D eigenvalue weighted by Crippen LogP contribution is 2.24. The first-order chi connectivity index (χ1) is 9.16. The molecule has 0 aromatic heterocycles. The van der Waals surface area contributed by atoms with E-state index in [-0.39, 0.29) is 18.4 Å². The summed E-state index contributed by atoms with van der Waals surface area (Å²) < 4.78 is 5.29. The summed E-state index contributed by atoms with van der Waals surface area (Å²) in [4.78, 5) is 25.0. The number of rotatable bonds is 4. The topological polar surface area (TPSA) is 66.8 Å². The van der Waals surface area contributed by atoms with Crippen LogP contribution in [-0.4, -0.2) is 59.2 Å². The predicted octanol–water partition coefficient (Wildman–Crippen LogP) is 1.22. The van der Waals surface area contributed by atoms with Gasteiger partial charge in [0.1, 0.15) is 0 Å². The maximum Gasteiger partial charge on any atom is 0.305 e. The van der Waals surface area contributed by atoms with Gasteiger partial charge < -0.3 is 14.7 Å². The Morgan fingerprint density at radius 2 is 2.00 bits per heavy atom. The van der Waals surface area contributed by atoms with Crippen molar-refractivity contribution in [2.75, 3.05) is 31.3 Å². The van der Waals surface area contributed by atoms with Crippen LogP contribution in [0.3, 0.4) is 0 Å². The quantitative estimate of drug-likeness (QED) is 0.842. The molecule has 2 rings (SSSR count). The van der Waals surface area contributed by atoms with Crippen LogP contribution in [0, 0.1) is 5.92 Å². The van der Waals surface area contributed by atoms with Gasteiger partial charge in [-0.2, -0.15) is 11.8 Å². The molecule has 0 aliphatic carbocycles. The van der Waals surface area contributed by atoms with Crippen LogP contribution in [0.4, 0.5) is 0 Å². The summed E-state index contributed by atoms with van der Waals surface area (Å²) in [6.07, 6.45) is 2.49. The second-order valence-corrected chi connectivity index (χ2v) is 6.32. The summed E-state index contributed by atoms with van der Waals surface area (Å²) in [7, 11) is 0. The molecular weight excluding hydrogens is 266 g/mol. The molecule has 0 spiro atoms. The van der Waals surface area contributed by atoms with E-state index >= 15 is 0 Å². The van der Waals surface area contributed by atoms with E-state index in [2.05, 4.69) is 0 Å². The first-order valence-corrected chi connectivity index (χ1v) is 7.99. The number of carbonyl (C=O) groups is 2. The molecule has 6 heteroatoms. The van der Waals surface area contributed by atoms with E-state index in [1.807, 2.05) is 0 Å². The van der Waals surface area contributed by atoms with E-state index in [0.29, 0.717) is 18.9 Å². The van der Waals surface area contributed by atoms with Gasteiger partial charge in [-0.15, -0.1) is 0 Å². The third kappa shape index (κ3) is 4.38. The highest BCUT2D eigenvalue weighted by molar-refractivity contribution is 7.99. The summed E-state index contributed by atoms with van der Waals surface area (Å²) in [6, 6.07) is -0.136. The summed E-state index contributed by atoms with van der Waals surface area (Å²) in [5.41, 5.74) is 0. The third-order valence-electron chi connectivity index (χ3n) is 3.76. The molecule has 0 aromatic rings. The summed E-state index contributed by atoms with van der Waals surface area (Å²) in [6.45, 7) is 2.17. The molecular formula is C13H21NO4S. The number of nitrogens with zero attached hydrogens (tertiary/aromatic N) is 1. The lowest BCUT2D eigenvalue weighted by molar-refractivity contribution is -0.140. The van der Waals surface area contributed by atoms with Crippen LogP contribution in [0.25, 0.3) is 0 Å². The predicted molar refractivity (Wildman–Crippen MR) is 73.2 cm³/mol. The molecule has 0 bridgehead atoms. The average molecular weight is 287 g/mol. The molecule has 108 valence electrons. The van der Waals surface area contributed by atoms with Crippen LogP contribution in [-0.2, 0) is 14.3 Å². The van der Waals surface area contributed by atoms with E-state index in [1.54, 1.807) is 16.7 Å². The number of carboxylic acid groups (broad SMARTS) is 1. The van der Waals surface area contributed by atoms with Gasteiger partial charge >= 0.3 is 5.97 Å². The Kier molecular flexibility index (Phi) is 5.51. The van der Waals surface area contributed by atoms with Crippen molar-refractivity contribution in [1.82, 2.24) is 4.90 Å². The minimum Gasteiger partial charge on any atom is -0.481 e. The van der Waals surface area contributed by atoms with Gasteiger partial charge in [0, 0.05) is 37.7 Å². The maximum absolute atomic E-state index is 12.3. The van der Waals surface area contributed by atoms with Gasteiger partial charge in [-0.25, -0.2) is 0 Å². The minimum absolute atomic E-state index is 0.0620. The van der Waals surface area contributed by atoms with Gasteiger partial charge in [-0.05, 0) is 18.8 Å². The summed E-state index contributed by atoms with van der Waals surface area (Å²) in [5, 5.41) is 8.92. The Labute approximate surface area is 117 Å². The maximum atomic E-state index is 12.3. The van der Waals surface area contributed by atoms with Crippen molar-refractivity contribution in [3.63, 3.8) is 0 Å². The highest BCUT2D eigenvalue weighted by atomic mass is 32.2. The van der Waals surface area contributed by atoms with E-state index < -0.39 is 5.97 Å². The molecule has 2 saturated heterocycles. The van der Waals surface area contributed by atoms with Crippen molar-refractivity contribution in [2.45, 2.75) is 31.7 Å². The minimum atomic E-state index is -0.823. The first-order valence-electron chi connectivity index (χ1n) is 6.83. The van der Waals surface area contributed by atoms with Gasteiger partial charge in [-0.3, -0.25) is 9.59 Å². The fourth-order valence-corrected chi connectivity index (χ4v) is 3.73. The van der Waals surface area contributed by atoms with Gasteiger partial charge in [0.05, 0.1) is 12.5 Å². The number of thioether (sulfide) groups is 1. The summed E-state index contributed by atoms with van der Waals surface area (Å²) in [5.74, 6) is 1.36. The lowest BCUT2D eigenvalue weighted by atomic mass is 9.95. The van der Waals surface area contributed by atoms with E-state index in [9.17, 15) is 9.59 Å². The standard InChI is InChI=1S/C13H21NO4S/c15-12(7-10-1-4-18-5-2-10)14-3-6-19-9-11(14)8-13(16)17/h10-11H,1-9H2,(H,16,17). The van der Waals surface area contributed by atoms with Crippen molar-refractivity contribution in [2.24, 2.45) is 5.92 Å². The number of aliphatic carboxylic acids is 1. The molecule has 1 unspecified atom stereocenters. The number of hydrogen-bond acceptors (Lipinski definition) is 4. The fraction of sp³-hybridized carbons (Fsp3) is 0.846. The average Bonchev–Trinajstić information content (AvgIpc) is 2.39. The molecule has 1 N–H and O–H groups in total. The number of carbonyl (C=O) groups excluding carboxylic acids is 1. The van der Waals surface area contributed by atoms with Gasteiger partial charge in [0.2, 0.25) is 5.91 Å². The SMILES string of the molecule is O=C(O)CC1CSCCN1C(=O)CC1CCOCC1. The molecule has 2 heterocycles. The van der Waals surface area contributed by atoms with Crippen LogP contribution < -0.4 is 0 Å². The van der Waals surface area contributed by atoms with Crippen molar-refractivity contribution >= 4 is 23.6 Å². The van der Waals surface area contributed by atoms with Crippen molar-refractivity contribution in [3.8, 4) is 0 Å². The molecule has 0 aromatic carbocycles. The van der Waals surface area contributed by atoms with E-state index in [1.165, 1.54) is 0 Å². The van der Waals surface area contributed by atoms with Crippen LogP contribution >= 0.6 is 11.8 Å². The third-order valence-corrected chi connectivity index (χ3v) is 4.85. The monoisotopic (exact) mass is 287 g/mol. The van der Waals surface area contributed by atoms with Crippen LogP contribution in [0.15, 0.2) is 0 Å². The highest BCUT2D eigenvalue weighted by Gasteiger charge is 2.30. The van der Waals surface area contributed by atoms with Crippen molar-refractivity contribution < 1.29 is 19.4 Å². The molecule has 2 fully saturated rings. The van der Waals surface area contributed by atoms with Gasteiger partial charge in [0.15, 0.2) is 0 Å². The molecule has 19 heavy (non-hydrogen) atoms. The zero-order chi connectivity index (χ0) is 13.7. The van der Waals surface area contributed by atoms with E-state index in [0.717, 1.165) is 37.6 Å². The van der Waals surface area contributed by atoms with E-state index in [4.69, 9.17) is 9.84 Å². The Morgan fingerprint density at radius 3 is 2.68 bits per heavy atom. The van der Waals surface area contributed by atoms with Crippen molar-refractivity contribution in [3.05, 3.63) is 0 Å². The number of amides is 1. The first kappa shape index (κ1) is 14.7. The van der Waals surface area contributed by atoms with Crippen LogP contribution in [0.2, 0.25) is 0 Å². The largest absolute Gasteiger partial charge is 0.481 e. The smallest absolute Gasteiger partial charge is 0.305 e. The Morgan fingerprint density at radius 1 is 1.26 bits per heavy atom. The Bertz CT molecular complexity index is 331. The van der Waals surface area contributed by atoms with Crippen LogP contribution in [0.1, 0.15) is 25.7 Å².